The summed E-state index contributed by atoms with van der Waals surface area (Å²) < 4.78 is 5.39. The molecule has 0 atom stereocenters. The molecule has 0 spiro atoms. The number of ether oxygens (including phenoxy) is 1. The first-order valence-corrected chi connectivity index (χ1v) is 5.47. The van der Waals surface area contributed by atoms with Gasteiger partial charge in [0, 0.05) is 42.8 Å². The number of fused-ring (bicyclic) bond motifs is 1. The molecule has 0 saturated heterocycles. The fraction of sp³-hybridized carbons (Fsp3) is 0.0833. The molecular weight excluding hydrogens is 313 g/mol. The van der Waals surface area contributed by atoms with Gasteiger partial charge in [-0.2, -0.15) is 24.6 Å². The Morgan fingerprint density at radius 3 is 2.76 bits per heavy atom. The summed E-state index contributed by atoms with van der Waals surface area (Å²) in [6.45, 7) is 3.76. The zero-order chi connectivity index (χ0) is 11.7. The molecule has 2 aromatic rings. The van der Waals surface area contributed by atoms with E-state index in [0.29, 0.717) is 5.39 Å². The van der Waals surface area contributed by atoms with Crippen molar-refractivity contribution in [2.24, 2.45) is 0 Å². The molecule has 85 valence electrons. The van der Waals surface area contributed by atoms with E-state index < -0.39 is 5.97 Å². The Morgan fingerprint density at radius 2 is 2.12 bits per heavy atom. The van der Waals surface area contributed by atoms with Crippen LogP contribution in [0.1, 0.15) is 15.9 Å². The fourth-order valence-corrected chi connectivity index (χ4v) is 2.30. The molecule has 1 aromatic carbocycles. The van der Waals surface area contributed by atoms with Crippen LogP contribution >= 0.6 is 11.3 Å². The predicted molar refractivity (Wildman–Crippen MR) is 63.9 cm³/mol. The van der Waals surface area contributed by atoms with Crippen molar-refractivity contribution in [2.45, 2.75) is 0 Å². The van der Waals surface area contributed by atoms with E-state index in [1.807, 2.05) is 12.1 Å². The van der Waals surface area contributed by atoms with Gasteiger partial charge in [0.05, 0.1) is 7.11 Å². The van der Waals surface area contributed by atoms with Crippen molar-refractivity contribution < 1.29 is 42.2 Å². The van der Waals surface area contributed by atoms with Crippen LogP contribution in [0.4, 0.5) is 0 Å². The number of benzene rings is 1. The van der Waals surface area contributed by atoms with E-state index in [4.69, 9.17) is 0 Å². The van der Waals surface area contributed by atoms with Gasteiger partial charge >= 0.3 is 5.97 Å². The summed E-state index contributed by atoms with van der Waals surface area (Å²) in [6, 6.07) is 5.33. The largest absolute Gasteiger partial charge is 0.465 e. The fourth-order valence-electron chi connectivity index (χ4n) is 1.43. The smallest absolute Gasteiger partial charge is 0.342 e. The molecule has 0 aliphatic heterocycles. The first-order chi connectivity index (χ1) is 7.63. The van der Waals surface area contributed by atoms with Crippen LogP contribution in [0.15, 0.2) is 28.4 Å². The van der Waals surface area contributed by atoms with Crippen LogP contribution in [0.2, 0.25) is 0 Å². The van der Waals surface area contributed by atoms with Crippen LogP contribution in [0.3, 0.4) is 0 Å². The van der Waals surface area contributed by atoms with E-state index in [-0.39, 0.29) is 43.7 Å². The van der Waals surface area contributed by atoms with E-state index in [9.17, 15) is 9.59 Å². The average Bonchev–Trinajstić information content (AvgIpc) is 2.29. The van der Waals surface area contributed by atoms with Crippen molar-refractivity contribution in [3.05, 3.63) is 51.9 Å². The molecule has 1 radical (unpaired) electrons. The molecule has 2 rings (SSSR count). The molecular formula is C12H9O3SY-. The Hall–Kier alpha value is -0.706. The Morgan fingerprint density at radius 1 is 1.41 bits per heavy atom. The van der Waals surface area contributed by atoms with E-state index >= 15 is 0 Å². The van der Waals surface area contributed by atoms with Crippen LogP contribution in [0, 0.1) is 6.92 Å². The summed E-state index contributed by atoms with van der Waals surface area (Å²) in [4.78, 5) is 23.3. The summed E-state index contributed by atoms with van der Waals surface area (Å²) in [5.74, 6) is -0.599. The third-order valence-electron chi connectivity index (χ3n) is 2.24. The van der Waals surface area contributed by atoms with Gasteiger partial charge in [0.25, 0.3) is 0 Å². The van der Waals surface area contributed by atoms with Crippen molar-refractivity contribution >= 4 is 27.4 Å². The van der Waals surface area contributed by atoms with Crippen molar-refractivity contribution in [3.63, 3.8) is 0 Å². The Balaban J connectivity index is 0.00000144. The zero-order valence-corrected chi connectivity index (χ0v) is 12.9. The molecule has 5 heteroatoms. The number of hydrogen-bond donors (Lipinski definition) is 0. The second kappa shape index (κ2) is 5.76. The number of hydrogen-bond acceptors (Lipinski definition) is 4. The van der Waals surface area contributed by atoms with Crippen molar-refractivity contribution in [1.29, 1.82) is 0 Å². The second-order valence-electron chi connectivity index (χ2n) is 3.30. The molecule has 0 saturated carbocycles. The summed E-state index contributed by atoms with van der Waals surface area (Å²) in [5, 5.41) is 2.04. The molecule has 0 amide bonds. The average molecular weight is 322 g/mol. The molecule has 3 nitrogen and oxygen atoms in total. The molecule has 0 aliphatic carbocycles. The van der Waals surface area contributed by atoms with Crippen LogP contribution in [-0.4, -0.2) is 13.1 Å². The van der Waals surface area contributed by atoms with E-state index in [0.717, 1.165) is 10.3 Å². The molecule has 0 N–H and O–H groups in total. The number of carbonyl (C=O) groups excluding carboxylic acids is 1. The topological polar surface area (TPSA) is 43.4 Å². The number of rotatable bonds is 1. The van der Waals surface area contributed by atoms with E-state index in [2.05, 4.69) is 11.7 Å². The van der Waals surface area contributed by atoms with Gasteiger partial charge in [-0.3, -0.25) is 4.79 Å². The summed E-state index contributed by atoms with van der Waals surface area (Å²) >= 11 is 1.34. The van der Waals surface area contributed by atoms with Crippen molar-refractivity contribution in [2.75, 3.05) is 7.11 Å². The summed E-state index contributed by atoms with van der Waals surface area (Å²) in [6.07, 6.45) is 0. The molecule has 0 unspecified atom stereocenters. The van der Waals surface area contributed by atoms with Gasteiger partial charge in [-0.05, 0) is 5.39 Å². The minimum absolute atomic E-state index is 0. The molecule has 0 aliphatic rings. The van der Waals surface area contributed by atoms with Gasteiger partial charge in [-0.1, -0.05) is 0 Å². The zero-order valence-electron chi connectivity index (χ0n) is 9.23. The van der Waals surface area contributed by atoms with Crippen LogP contribution in [0.5, 0.6) is 0 Å². The van der Waals surface area contributed by atoms with Gasteiger partial charge in [-0.25, -0.2) is 4.79 Å². The Labute approximate surface area is 128 Å². The Kier molecular flexibility index (Phi) is 4.86. The molecule has 0 fully saturated rings. The van der Waals surface area contributed by atoms with E-state index in [1.165, 1.54) is 23.8 Å². The quantitative estimate of drug-likeness (QED) is 0.597. The maximum Gasteiger partial charge on any atom is 0.342 e. The van der Waals surface area contributed by atoms with Crippen molar-refractivity contribution in [3.8, 4) is 0 Å². The standard InChI is InChI=1S/C12H9O3S.Y/c1-7-3-4-10-8(5-7)11(13)9(6-16-10)12(14)15-2;/h3-6H,1H2,2H3;/q-1;. The van der Waals surface area contributed by atoms with Gasteiger partial charge in [0.15, 0.2) is 5.43 Å². The van der Waals surface area contributed by atoms with Crippen LogP contribution < -0.4 is 5.43 Å². The first kappa shape index (κ1) is 14.4. The second-order valence-corrected chi connectivity index (χ2v) is 4.21. The van der Waals surface area contributed by atoms with Crippen LogP contribution in [-0.2, 0) is 37.4 Å². The molecule has 17 heavy (non-hydrogen) atoms. The molecule has 1 aromatic heterocycles. The predicted octanol–water partition coefficient (Wildman–Crippen LogP) is 2.23. The minimum atomic E-state index is -0.599. The number of esters is 1. The third-order valence-corrected chi connectivity index (χ3v) is 3.21. The summed E-state index contributed by atoms with van der Waals surface area (Å²) in [7, 11) is 1.26. The maximum atomic E-state index is 12.0. The van der Waals surface area contributed by atoms with Gasteiger partial charge < -0.3 is 4.74 Å². The maximum absolute atomic E-state index is 12.0. The first-order valence-electron chi connectivity index (χ1n) is 4.59. The summed E-state index contributed by atoms with van der Waals surface area (Å²) in [5.41, 5.74) is 0.524. The number of carbonyl (C=O) groups is 1. The minimum Gasteiger partial charge on any atom is -0.465 e. The van der Waals surface area contributed by atoms with E-state index in [1.54, 1.807) is 6.07 Å². The van der Waals surface area contributed by atoms with Crippen molar-refractivity contribution in [1.82, 2.24) is 0 Å². The van der Waals surface area contributed by atoms with Crippen LogP contribution in [0.25, 0.3) is 10.1 Å². The van der Waals surface area contributed by atoms with Gasteiger partial charge in [0.1, 0.15) is 5.56 Å². The monoisotopic (exact) mass is 322 g/mol. The van der Waals surface area contributed by atoms with Gasteiger partial charge in [0.2, 0.25) is 0 Å². The molecule has 1 heterocycles. The Bertz CT molecular complexity index is 619. The van der Waals surface area contributed by atoms with Gasteiger partial charge in [-0.15, -0.1) is 17.4 Å². The number of methoxy groups -OCH3 is 1. The normalized spacial score (nSPS) is 9.71. The third kappa shape index (κ3) is 2.76. The SMILES string of the molecule is [CH2-]c1ccc2scc(C(=O)OC)c(=O)c2c1.[Y]. The molecule has 0 bridgehead atoms.